The van der Waals surface area contributed by atoms with E-state index in [1.165, 1.54) is 148 Å². The first-order chi connectivity index (χ1) is 35.1. The number of carbonyl (C=O) groups excluding carboxylic acids is 1. The molecule has 0 aliphatic carbocycles. The second kappa shape index (κ2) is 44.3. The Morgan fingerprint density at radius 2 is 0.917 bits per heavy atom. The van der Waals surface area contributed by atoms with E-state index < -0.39 is 86.8 Å². The first kappa shape index (κ1) is 66.3. The Morgan fingerprint density at radius 3 is 1.40 bits per heavy atom. The standard InChI is InChI=1S/C58H107NO13/c1-3-5-7-8-9-10-11-12-13-14-15-16-17-18-19-20-21-22-23-24-25-26-27-28-29-30-31-32-33-34-35-36-37-38-40-42-50(63)59-46(47(62)41-39-6-4-2)45-69-57-55(68)53(66)56(49(44-61)71-57)72-58-54(67)52(65)51(64)48(43-60)70-58/h11-12,14-15,17-18,46-49,51-58,60-62,64-68H,3-10,13,16,19-45H2,1-2H3,(H,59,63)/b12-11-,15-14-,18-17-. The summed E-state index contributed by atoms with van der Waals surface area (Å²) in [7, 11) is 0. The Hall–Kier alpha value is -1.79. The van der Waals surface area contributed by atoms with Gasteiger partial charge in [-0.1, -0.05) is 211 Å². The molecule has 0 saturated carbocycles. The van der Waals surface area contributed by atoms with E-state index in [0.29, 0.717) is 12.8 Å². The van der Waals surface area contributed by atoms with Gasteiger partial charge in [0.1, 0.15) is 48.8 Å². The molecule has 1 amide bonds. The molecule has 2 saturated heterocycles. The Morgan fingerprint density at radius 1 is 0.500 bits per heavy atom. The van der Waals surface area contributed by atoms with E-state index in [0.717, 1.165) is 57.8 Å². The molecule has 422 valence electrons. The van der Waals surface area contributed by atoms with E-state index in [1.807, 2.05) is 0 Å². The number of ether oxygens (including phenoxy) is 4. The summed E-state index contributed by atoms with van der Waals surface area (Å²) >= 11 is 0. The molecule has 72 heavy (non-hydrogen) atoms. The van der Waals surface area contributed by atoms with Gasteiger partial charge in [0, 0.05) is 6.42 Å². The van der Waals surface area contributed by atoms with Crippen LogP contribution in [0, 0.1) is 0 Å². The minimum Gasteiger partial charge on any atom is -0.394 e. The number of aliphatic hydroxyl groups excluding tert-OH is 8. The highest BCUT2D eigenvalue weighted by atomic mass is 16.7. The van der Waals surface area contributed by atoms with Crippen molar-refractivity contribution in [3.05, 3.63) is 36.5 Å². The molecule has 0 bridgehead atoms. The van der Waals surface area contributed by atoms with Crippen LogP contribution in [0.3, 0.4) is 0 Å². The Labute approximate surface area is 436 Å². The van der Waals surface area contributed by atoms with Crippen LogP contribution in [-0.2, 0) is 23.7 Å². The van der Waals surface area contributed by atoms with Crippen LogP contribution in [0.2, 0.25) is 0 Å². The zero-order valence-electron chi connectivity index (χ0n) is 45.2. The summed E-state index contributed by atoms with van der Waals surface area (Å²) in [6.45, 7) is 2.67. The van der Waals surface area contributed by atoms with Crippen molar-refractivity contribution in [2.75, 3.05) is 19.8 Å². The van der Waals surface area contributed by atoms with Crippen LogP contribution in [0.4, 0.5) is 0 Å². The van der Waals surface area contributed by atoms with E-state index in [-0.39, 0.29) is 12.5 Å². The van der Waals surface area contributed by atoms with Gasteiger partial charge < -0.3 is 65.1 Å². The summed E-state index contributed by atoms with van der Waals surface area (Å²) in [5, 5.41) is 86.2. The number of nitrogens with one attached hydrogen (secondary N) is 1. The third-order valence-corrected chi connectivity index (χ3v) is 14.4. The number of carbonyl (C=O) groups is 1. The number of rotatable bonds is 46. The van der Waals surface area contributed by atoms with Gasteiger partial charge >= 0.3 is 0 Å². The Balaban J connectivity index is 1.48. The summed E-state index contributed by atoms with van der Waals surface area (Å²) in [6.07, 6.45) is 37.3. The minimum absolute atomic E-state index is 0.217. The predicted molar refractivity (Wildman–Crippen MR) is 286 cm³/mol. The fourth-order valence-corrected chi connectivity index (χ4v) is 9.60. The van der Waals surface area contributed by atoms with Crippen molar-refractivity contribution >= 4 is 5.91 Å². The minimum atomic E-state index is -1.78. The van der Waals surface area contributed by atoms with E-state index in [1.54, 1.807) is 0 Å². The highest BCUT2D eigenvalue weighted by Crippen LogP contribution is 2.30. The van der Waals surface area contributed by atoms with Crippen LogP contribution < -0.4 is 5.32 Å². The lowest BCUT2D eigenvalue weighted by Gasteiger charge is -2.46. The van der Waals surface area contributed by atoms with Gasteiger partial charge in [-0.05, 0) is 51.4 Å². The highest BCUT2D eigenvalue weighted by Gasteiger charge is 2.51. The molecule has 0 spiro atoms. The number of unbranched alkanes of at least 4 members (excludes halogenated alkanes) is 27. The first-order valence-corrected chi connectivity index (χ1v) is 29.2. The molecule has 0 aromatic rings. The maximum atomic E-state index is 13.0. The molecule has 0 aromatic carbocycles. The number of allylic oxidation sites excluding steroid dienone is 6. The summed E-state index contributed by atoms with van der Waals surface area (Å²) in [6, 6.07) is -0.822. The Kier molecular flexibility index (Phi) is 40.9. The molecule has 12 atom stereocenters. The normalized spacial score (nSPS) is 25.8. The lowest BCUT2D eigenvalue weighted by molar-refractivity contribution is -0.359. The molecule has 2 rings (SSSR count). The van der Waals surface area contributed by atoms with Gasteiger partial charge in [0.25, 0.3) is 0 Å². The molecule has 14 nitrogen and oxygen atoms in total. The van der Waals surface area contributed by atoms with Gasteiger partial charge in [-0.15, -0.1) is 0 Å². The third kappa shape index (κ3) is 30.1. The third-order valence-electron chi connectivity index (χ3n) is 14.4. The van der Waals surface area contributed by atoms with Crippen LogP contribution in [0.1, 0.15) is 232 Å². The lowest BCUT2D eigenvalue weighted by Crippen LogP contribution is -2.65. The number of hydrogen-bond donors (Lipinski definition) is 9. The average Bonchev–Trinajstić information content (AvgIpc) is 3.38. The molecular formula is C58H107NO13. The Bertz CT molecular complexity index is 1350. The van der Waals surface area contributed by atoms with Crippen molar-refractivity contribution in [2.45, 2.75) is 306 Å². The fraction of sp³-hybridized carbons (Fsp3) is 0.879. The van der Waals surface area contributed by atoms with Crippen LogP contribution in [0.15, 0.2) is 36.5 Å². The number of hydrogen-bond acceptors (Lipinski definition) is 13. The summed E-state index contributed by atoms with van der Waals surface area (Å²) in [4.78, 5) is 13.0. The number of amides is 1. The molecule has 14 heteroatoms. The smallest absolute Gasteiger partial charge is 0.220 e. The average molecular weight is 1030 g/mol. The summed E-state index contributed by atoms with van der Waals surface area (Å²) < 4.78 is 22.6. The van der Waals surface area contributed by atoms with Gasteiger partial charge in [0.2, 0.25) is 5.91 Å². The van der Waals surface area contributed by atoms with E-state index >= 15 is 0 Å². The predicted octanol–water partition coefficient (Wildman–Crippen LogP) is 9.44. The van der Waals surface area contributed by atoms with Crippen LogP contribution in [0.5, 0.6) is 0 Å². The number of aliphatic hydroxyl groups is 8. The summed E-state index contributed by atoms with van der Waals surface area (Å²) in [5.41, 5.74) is 0. The van der Waals surface area contributed by atoms with E-state index in [4.69, 9.17) is 18.9 Å². The molecule has 2 fully saturated rings. The highest BCUT2D eigenvalue weighted by molar-refractivity contribution is 5.76. The zero-order chi connectivity index (χ0) is 52.4. The van der Waals surface area contributed by atoms with Gasteiger partial charge in [-0.2, -0.15) is 0 Å². The van der Waals surface area contributed by atoms with E-state index in [9.17, 15) is 45.6 Å². The molecular weight excluding hydrogens is 919 g/mol. The monoisotopic (exact) mass is 1030 g/mol. The van der Waals surface area contributed by atoms with Crippen LogP contribution in [-0.4, -0.2) is 140 Å². The molecule has 2 heterocycles. The molecule has 12 unspecified atom stereocenters. The van der Waals surface area contributed by atoms with Gasteiger partial charge in [0.05, 0.1) is 32.0 Å². The van der Waals surface area contributed by atoms with Crippen LogP contribution in [0.25, 0.3) is 0 Å². The maximum absolute atomic E-state index is 13.0. The zero-order valence-corrected chi connectivity index (χ0v) is 45.2. The molecule has 2 aliphatic rings. The van der Waals surface area contributed by atoms with Gasteiger partial charge in [-0.3, -0.25) is 4.79 Å². The molecule has 9 N–H and O–H groups in total. The fourth-order valence-electron chi connectivity index (χ4n) is 9.60. The van der Waals surface area contributed by atoms with Crippen molar-refractivity contribution in [2.24, 2.45) is 0 Å². The van der Waals surface area contributed by atoms with Crippen LogP contribution >= 0.6 is 0 Å². The first-order valence-electron chi connectivity index (χ1n) is 29.2. The van der Waals surface area contributed by atoms with Gasteiger partial charge in [-0.25, -0.2) is 0 Å². The van der Waals surface area contributed by atoms with Crippen molar-refractivity contribution in [1.29, 1.82) is 0 Å². The van der Waals surface area contributed by atoms with Crippen molar-refractivity contribution in [3.63, 3.8) is 0 Å². The van der Waals surface area contributed by atoms with Crippen molar-refractivity contribution in [1.82, 2.24) is 5.32 Å². The topological polar surface area (TPSA) is 228 Å². The lowest BCUT2D eigenvalue weighted by atomic mass is 9.97. The van der Waals surface area contributed by atoms with Crippen molar-refractivity contribution < 1.29 is 64.6 Å². The van der Waals surface area contributed by atoms with Crippen molar-refractivity contribution in [3.8, 4) is 0 Å². The maximum Gasteiger partial charge on any atom is 0.220 e. The molecule has 0 radical (unpaired) electrons. The molecule has 2 aliphatic heterocycles. The summed E-state index contributed by atoms with van der Waals surface area (Å²) in [5.74, 6) is -0.217. The second-order valence-electron chi connectivity index (χ2n) is 20.8. The SMILES string of the molecule is CCCCCCC/C=C\C/C=C\C/C=C\CCCCCCCCCCCCCCCCCCCCCCC(=O)NC(COC1OC(CO)C(OC2OC(CO)C(O)C(O)C2O)C(O)C1O)C(O)CCCCC. The second-order valence-corrected chi connectivity index (χ2v) is 20.8. The largest absolute Gasteiger partial charge is 0.394 e. The quantitative estimate of drug-likeness (QED) is 0.0205. The van der Waals surface area contributed by atoms with E-state index in [2.05, 4.69) is 55.6 Å². The van der Waals surface area contributed by atoms with Gasteiger partial charge in [0.15, 0.2) is 12.6 Å². The molecule has 0 aromatic heterocycles.